The quantitative estimate of drug-likeness (QED) is 0.295. The summed E-state index contributed by atoms with van der Waals surface area (Å²) in [4.78, 5) is 22.4. The Morgan fingerprint density at radius 1 is 0.583 bits per heavy atom. The summed E-state index contributed by atoms with van der Waals surface area (Å²) in [5, 5.41) is 9.06. The van der Waals surface area contributed by atoms with Crippen LogP contribution in [0.2, 0.25) is 0 Å². The van der Waals surface area contributed by atoms with E-state index in [2.05, 4.69) is 9.47 Å². The number of ether oxygens (including phenoxy) is 2. The normalized spacial score (nSPS) is 41.6. The molecule has 0 radical (unpaired) electrons. The number of alkyl halides is 15. The third-order valence-electron chi connectivity index (χ3n) is 6.96. The highest BCUT2D eigenvalue weighted by molar-refractivity contribution is 6.26. The molecule has 0 aromatic carbocycles. The number of hydrogen-bond donors (Lipinski definition) is 1. The Bertz CT molecular complexity index is 958. The van der Waals surface area contributed by atoms with E-state index < -0.39 is 95.3 Å². The molecular weight excluding hydrogens is 574 g/mol. The SMILES string of the molecule is O=C(CCl)OCC(=O)OCC12C(F)(F)C3(F)C(F)(F)C(F)(C(F)(F)C(CO)(C3(F)F)C1(F)F)C2(F)F. The number of halogens is 15. The Kier molecular flexibility index (Phi) is 5.59. The molecule has 0 heterocycles. The van der Waals surface area contributed by atoms with Crippen molar-refractivity contribution < 1.29 is 85.6 Å². The maximum absolute atomic E-state index is 15.3. The molecule has 4 saturated carbocycles. The molecule has 2 atom stereocenters. The van der Waals surface area contributed by atoms with E-state index in [0.717, 1.165) is 0 Å². The molecule has 0 aromatic heterocycles. The van der Waals surface area contributed by atoms with Gasteiger partial charge in [0.1, 0.15) is 12.5 Å². The van der Waals surface area contributed by atoms with Crippen LogP contribution in [0, 0.1) is 10.8 Å². The van der Waals surface area contributed by atoms with Gasteiger partial charge in [-0.15, -0.1) is 11.6 Å². The number of hydrogen-bond acceptors (Lipinski definition) is 5. The maximum Gasteiger partial charge on any atom is 0.344 e. The second-order valence-electron chi connectivity index (χ2n) is 8.19. The van der Waals surface area contributed by atoms with Gasteiger partial charge >= 0.3 is 52.9 Å². The third-order valence-corrected chi connectivity index (χ3v) is 7.18. The fourth-order valence-electron chi connectivity index (χ4n) is 5.12. The average molecular weight is 583 g/mol. The minimum absolute atomic E-state index is 1.02. The molecule has 1 N–H and O–H groups in total. The molecule has 5 nitrogen and oxygen atoms in total. The van der Waals surface area contributed by atoms with Gasteiger partial charge < -0.3 is 14.6 Å². The first-order valence-electron chi connectivity index (χ1n) is 9.04. The van der Waals surface area contributed by atoms with Crippen LogP contribution in [0.15, 0.2) is 0 Å². The van der Waals surface area contributed by atoms with Crippen molar-refractivity contribution in [2.75, 3.05) is 25.7 Å². The Balaban J connectivity index is 2.39. The number of esters is 2. The zero-order chi connectivity index (χ0) is 28.4. The summed E-state index contributed by atoms with van der Waals surface area (Å²) in [5.41, 5.74) is -28.5. The summed E-state index contributed by atoms with van der Waals surface area (Å²) in [6, 6.07) is 0. The van der Waals surface area contributed by atoms with E-state index >= 15 is 17.6 Å². The number of aliphatic hydroxyl groups is 1. The number of aliphatic hydroxyl groups excluding tert-OH is 1. The van der Waals surface area contributed by atoms with Gasteiger partial charge in [0.25, 0.3) is 5.92 Å². The second-order valence-corrected chi connectivity index (χ2v) is 8.45. The Labute approximate surface area is 193 Å². The molecule has 4 fully saturated rings. The second kappa shape index (κ2) is 6.99. The predicted octanol–water partition coefficient (Wildman–Crippen LogP) is 3.55. The van der Waals surface area contributed by atoms with Crippen LogP contribution in [0.4, 0.5) is 61.5 Å². The number of rotatable bonds is 6. The highest BCUT2D eigenvalue weighted by Gasteiger charge is 3.21. The zero-order valence-electron chi connectivity index (χ0n) is 16.6. The molecule has 208 valence electrons. The molecule has 36 heavy (non-hydrogen) atoms. The Morgan fingerprint density at radius 3 is 1.33 bits per heavy atom. The molecule has 4 rings (SSSR count). The Morgan fingerprint density at radius 2 is 0.972 bits per heavy atom. The minimum Gasteiger partial charge on any atom is -0.462 e. The first-order chi connectivity index (χ1) is 15.9. The van der Waals surface area contributed by atoms with Gasteiger partial charge in [0.05, 0.1) is 6.61 Å². The average Bonchev–Trinajstić information content (AvgIpc) is 2.73. The number of carbonyl (C=O) groups excluding carboxylic acids is 2. The largest absolute Gasteiger partial charge is 0.462 e. The first kappa shape index (κ1) is 28.8. The van der Waals surface area contributed by atoms with Gasteiger partial charge in [-0.2, -0.15) is 8.78 Å². The van der Waals surface area contributed by atoms with Crippen molar-refractivity contribution in [2.24, 2.45) is 10.8 Å². The van der Waals surface area contributed by atoms with Crippen molar-refractivity contribution >= 4 is 23.5 Å². The lowest BCUT2D eigenvalue weighted by atomic mass is 9.33. The molecular formula is C16H9ClF14O5. The van der Waals surface area contributed by atoms with Crippen LogP contribution in [0.1, 0.15) is 0 Å². The van der Waals surface area contributed by atoms with Crippen LogP contribution in [-0.2, 0) is 19.1 Å². The van der Waals surface area contributed by atoms with Gasteiger partial charge in [0.15, 0.2) is 12.0 Å². The van der Waals surface area contributed by atoms with E-state index in [4.69, 9.17) is 16.7 Å². The Hall–Kier alpha value is -1.79. The van der Waals surface area contributed by atoms with Crippen molar-refractivity contribution in [1.29, 1.82) is 0 Å². The third kappa shape index (κ3) is 2.10. The van der Waals surface area contributed by atoms with Gasteiger partial charge in [0, 0.05) is 0 Å². The molecule has 0 saturated heterocycles. The highest BCUT2D eigenvalue weighted by Crippen LogP contribution is 2.92. The van der Waals surface area contributed by atoms with Gasteiger partial charge in [-0.05, 0) is 0 Å². The van der Waals surface area contributed by atoms with Crippen LogP contribution in [0.25, 0.3) is 0 Å². The molecule has 4 aliphatic rings. The molecule has 0 aromatic rings. The lowest BCUT2D eigenvalue weighted by molar-refractivity contribution is -0.620. The van der Waals surface area contributed by atoms with Gasteiger partial charge in [-0.25, -0.2) is 57.5 Å². The van der Waals surface area contributed by atoms with Crippen molar-refractivity contribution in [3.63, 3.8) is 0 Å². The first-order valence-corrected chi connectivity index (χ1v) is 9.57. The van der Waals surface area contributed by atoms with Gasteiger partial charge in [-0.3, -0.25) is 4.79 Å². The predicted molar refractivity (Wildman–Crippen MR) is 81.9 cm³/mol. The topological polar surface area (TPSA) is 72.8 Å². The molecule has 20 heteroatoms. The van der Waals surface area contributed by atoms with Crippen LogP contribution < -0.4 is 0 Å². The lowest BCUT2D eigenvalue weighted by Gasteiger charge is -2.76. The van der Waals surface area contributed by atoms with Gasteiger partial charge in [-0.1, -0.05) is 0 Å². The van der Waals surface area contributed by atoms with Crippen molar-refractivity contribution in [1.82, 2.24) is 0 Å². The molecule has 4 bridgehead atoms. The standard InChI is InChI=1S/C16H9ClF14O5/c17-1-5(33)35-2-6(34)36-4-8-11(20,21)7(3-32)12(22,23)9(18,14(8,26)27)16(30,31)10(19,13(7,24)25)15(8,28)29/h32H,1-4H2. The summed E-state index contributed by atoms with van der Waals surface area (Å²) in [5.74, 6) is -50.0. The fourth-order valence-corrected chi connectivity index (χ4v) is 5.20. The summed E-state index contributed by atoms with van der Waals surface area (Å²) in [6.45, 7) is -9.04. The fraction of sp³-hybridized carbons (Fsp3) is 0.875. The van der Waals surface area contributed by atoms with Crippen molar-refractivity contribution in [3.05, 3.63) is 0 Å². The summed E-state index contributed by atoms with van der Waals surface area (Å²) in [7, 11) is 0. The lowest BCUT2D eigenvalue weighted by Crippen LogP contribution is -3.07. The van der Waals surface area contributed by atoms with E-state index in [1.807, 2.05) is 0 Å². The summed E-state index contributed by atoms with van der Waals surface area (Å²) in [6.07, 6.45) is 0. The monoisotopic (exact) mass is 582 g/mol. The maximum atomic E-state index is 15.3. The molecule has 0 aliphatic heterocycles. The van der Waals surface area contributed by atoms with Crippen LogP contribution in [0.5, 0.6) is 0 Å². The zero-order valence-corrected chi connectivity index (χ0v) is 17.3. The van der Waals surface area contributed by atoms with E-state index in [1.165, 1.54) is 0 Å². The van der Waals surface area contributed by atoms with Crippen LogP contribution in [0.3, 0.4) is 0 Å². The smallest absolute Gasteiger partial charge is 0.344 e. The molecule has 2 unspecified atom stereocenters. The number of carbonyl (C=O) groups is 2. The van der Waals surface area contributed by atoms with Crippen LogP contribution >= 0.6 is 11.6 Å². The summed E-state index contributed by atoms with van der Waals surface area (Å²) >= 11 is 4.93. The van der Waals surface area contributed by atoms with E-state index in [0.29, 0.717) is 0 Å². The van der Waals surface area contributed by atoms with E-state index in [9.17, 15) is 53.5 Å². The van der Waals surface area contributed by atoms with Crippen molar-refractivity contribution in [3.8, 4) is 0 Å². The molecule has 0 spiro atoms. The molecule has 4 aliphatic carbocycles. The van der Waals surface area contributed by atoms with E-state index in [-0.39, 0.29) is 0 Å². The van der Waals surface area contributed by atoms with E-state index in [1.54, 1.807) is 0 Å². The minimum atomic E-state index is -7.79. The van der Waals surface area contributed by atoms with Crippen LogP contribution in [-0.4, -0.2) is 89.6 Å². The highest BCUT2D eigenvalue weighted by atomic mass is 35.5. The summed E-state index contributed by atoms with van der Waals surface area (Å²) < 4.78 is 216. The van der Waals surface area contributed by atoms with Crippen molar-refractivity contribution in [2.45, 2.75) is 46.9 Å². The van der Waals surface area contributed by atoms with Gasteiger partial charge in [0.2, 0.25) is 5.41 Å². The molecule has 0 amide bonds.